The number of halogens is 2. The number of carbonyl (C=O) groups excluding carboxylic acids is 1. The molecule has 5 nitrogen and oxygen atoms in total. The van der Waals surface area contributed by atoms with Gasteiger partial charge < -0.3 is 9.73 Å². The van der Waals surface area contributed by atoms with Crippen LogP contribution in [-0.4, -0.2) is 16.0 Å². The Morgan fingerprint density at radius 1 is 0.941 bits per heavy atom. The smallest absolute Gasteiger partial charge is 0.258 e. The molecule has 2 N–H and O–H groups in total. The average Bonchev–Trinajstić information content (AvgIpc) is 3.22. The largest absolute Gasteiger partial charge is 0.436 e. The van der Waals surface area contributed by atoms with Crippen molar-refractivity contribution in [3.8, 4) is 11.5 Å². The summed E-state index contributed by atoms with van der Waals surface area (Å²) in [4.78, 5) is 17.2. The van der Waals surface area contributed by atoms with Gasteiger partial charge in [-0.15, -0.1) is 0 Å². The minimum atomic E-state index is -0.387. The number of fused-ring (bicyclic) bond motifs is 2. The second kappa shape index (κ2) is 9.06. The van der Waals surface area contributed by atoms with Crippen molar-refractivity contribution in [1.29, 1.82) is 0 Å². The molecule has 4 aromatic carbocycles. The number of aryl methyl sites for hydroxylation is 1. The van der Waals surface area contributed by atoms with Crippen LogP contribution in [0.15, 0.2) is 77.2 Å². The Hall–Kier alpha value is -3.45. The number of hydrogen-bond acceptors (Lipinski definition) is 4. The van der Waals surface area contributed by atoms with Crippen LogP contribution in [0.5, 0.6) is 0 Å². The summed E-state index contributed by atoms with van der Waals surface area (Å²) >= 11 is 17.8. The van der Waals surface area contributed by atoms with Gasteiger partial charge in [-0.1, -0.05) is 53.5 Å². The van der Waals surface area contributed by atoms with Gasteiger partial charge >= 0.3 is 0 Å². The van der Waals surface area contributed by atoms with E-state index >= 15 is 0 Å². The number of oxazole rings is 1. The lowest BCUT2D eigenvalue weighted by Crippen LogP contribution is -2.34. The molecular weight excluding hydrogens is 489 g/mol. The molecule has 34 heavy (non-hydrogen) atoms. The van der Waals surface area contributed by atoms with Gasteiger partial charge in [-0.3, -0.25) is 10.1 Å². The van der Waals surface area contributed by atoms with Crippen LogP contribution in [0, 0.1) is 6.92 Å². The first kappa shape index (κ1) is 22.3. The minimum Gasteiger partial charge on any atom is -0.436 e. The fourth-order valence-corrected chi connectivity index (χ4v) is 4.48. The standard InChI is InChI=1S/C26H17Cl2N3O2S/c1-14-8-10-19(21(28)12-14)24(32)31-26(34)29-15-9-11-23-22(13-15)30-25(33-23)18-6-2-5-17-16(18)4-3-7-20(17)27/h2-13H,1H3,(H2,29,31,32,34). The monoisotopic (exact) mass is 505 g/mol. The molecule has 8 heteroatoms. The maximum atomic E-state index is 12.5. The first-order valence-electron chi connectivity index (χ1n) is 10.4. The molecule has 1 amide bonds. The van der Waals surface area contributed by atoms with Crippen molar-refractivity contribution in [2.75, 3.05) is 5.32 Å². The van der Waals surface area contributed by atoms with Gasteiger partial charge in [0.25, 0.3) is 5.91 Å². The van der Waals surface area contributed by atoms with Crippen LogP contribution in [-0.2, 0) is 0 Å². The molecule has 0 aliphatic carbocycles. The van der Waals surface area contributed by atoms with E-state index in [0.29, 0.717) is 38.3 Å². The summed E-state index contributed by atoms with van der Waals surface area (Å²) in [5, 5.41) is 8.73. The van der Waals surface area contributed by atoms with Crippen molar-refractivity contribution in [2.24, 2.45) is 0 Å². The summed E-state index contributed by atoms with van der Waals surface area (Å²) < 4.78 is 6.01. The molecule has 0 spiro atoms. The Morgan fingerprint density at radius 3 is 2.56 bits per heavy atom. The van der Waals surface area contributed by atoms with Crippen molar-refractivity contribution in [1.82, 2.24) is 10.3 Å². The topological polar surface area (TPSA) is 67.2 Å². The number of nitrogens with one attached hydrogen (secondary N) is 2. The van der Waals surface area contributed by atoms with Gasteiger partial charge in [-0.05, 0) is 72.6 Å². The van der Waals surface area contributed by atoms with Crippen molar-refractivity contribution >= 4 is 74.0 Å². The Bertz CT molecular complexity index is 1600. The van der Waals surface area contributed by atoms with Gasteiger partial charge in [0.1, 0.15) is 5.52 Å². The highest BCUT2D eigenvalue weighted by atomic mass is 35.5. The third-order valence-corrected chi connectivity index (χ3v) is 6.19. The SMILES string of the molecule is Cc1ccc(C(=O)NC(=S)Nc2ccc3oc(-c4cccc5c(Cl)cccc45)nc3c2)c(Cl)c1. The van der Waals surface area contributed by atoms with E-state index in [2.05, 4.69) is 15.6 Å². The molecule has 0 saturated carbocycles. The van der Waals surface area contributed by atoms with E-state index < -0.39 is 0 Å². The predicted molar refractivity (Wildman–Crippen MR) is 142 cm³/mol. The quantitative estimate of drug-likeness (QED) is 0.250. The van der Waals surface area contributed by atoms with E-state index in [1.165, 1.54) is 0 Å². The van der Waals surface area contributed by atoms with Crippen LogP contribution in [0.2, 0.25) is 10.0 Å². The fourth-order valence-electron chi connectivity index (χ4n) is 3.72. The summed E-state index contributed by atoms with van der Waals surface area (Å²) in [7, 11) is 0. The Labute approximate surface area is 210 Å². The first-order valence-corrected chi connectivity index (χ1v) is 11.5. The maximum absolute atomic E-state index is 12.5. The molecule has 0 bridgehead atoms. The van der Waals surface area contributed by atoms with Crippen molar-refractivity contribution in [3.63, 3.8) is 0 Å². The number of nitrogens with zero attached hydrogens (tertiary/aromatic N) is 1. The lowest BCUT2D eigenvalue weighted by atomic mass is 10.0. The second-order valence-corrected chi connectivity index (χ2v) is 8.96. The Morgan fingerprint density at radius 2 is 1.74 bits per heavy atom. The third kappa shape index (κ3) is 4.35. The number of amides is 1. The molecule has 5 aromatic rings. The van der Waals surface area contributed by atoms with Crippen molar-refractivity contribution in [2.45, 2.75) is 6.92 Å². The highest BCUT2D eigenvalue weighted by molar-refractivity contribution is 7.80. The molecule has 0 atom stereocenters. The molecule has 1 aromatic heterocycles. The zero-order valence-corrected chi connectivity index (χ0v) is 20.2. The molecule has 0 radical (unpaired) electrons. The van der Waals surface area contributed by atoms with Crippen LogP contribution >= 0.6 is 35.4 Å². The van der Waals surface area contributed by atoms with E-state index in [4.69, 9.17) is 39.8 Å². The van der Waals surface area contributed by atoms with Gasteiger partial charge in [-0.25, -0.2) is 4.98 Å². The zero-order valence-electron chi connectivity index (χ0n) is 17.9. The summed E-state index contributed by atoms with van der Waals surface area (Å²) in [6.07, 6.45) is 0. The number of benzene rings is 4. The average molecular weight is 506 g/mol. The van der Waals surface area contributed by atoms with E-state index in [9.17, 15) is 4.79 Å². The summed E-state index contributed by atoms with van der Waals surface area (Å²) in [5.41, 5.74) is 4.10. The number of thiocarbonyl (C=S) groups is 1. The van der Waals surface area contributed by atoms with Gasteiger partial charge in [0.05, 0.1) is 10.6 Å². The van der Waals surface area contributed by atoms with Crippen molar-refractivity contribution < 1.29 is 9.21 Å². The lowest BCUT2D eigenvalue weighted by Gasteiger charge is -2.10. The number of rotatable bonds is 3. The van der Waals surface area contributed by atoms with E-state index in [-0.39, 0.29) is 11.0 Å². The predicted octanol–water partition coefficient (Wildman–Crippen LogP) is 7.39. The minimum absolute atomic E-state index is 0.147. The summed E-state index contributed by atoms with van der Waals surface area (Å²) in [6, 6.07) is 22.2. The van der Waals surface area contributed by atoms with E-state index in [0.717, 1.165) is 21.9 Å². The number of anilines is 1. The summed E-state index contributed by atoms with van der Waals surface area (Å²) in [5.74, 6) is 0.104. The van der Waals surface area contributed by atoms with Crippen LogP contribution in [0.25, 0.3) is 33.3 Å². The first-order chi connectivity index (χ1) is 16.4. The fraction of sp³-hybridized carbons (Fsp3) is 0.0385. The Kier molecular flexibility index (Phi) is 5.96. The molecular formula is C26H17Cl2N3O2S. The lowest BCUT2D eigenvalue weighted by molar-refractivity contribution is 0.0978. The number of aromatic nitrogens is 1. The van der Waals surface area contributed by atoms with Gasteiger partial charge in [0.2, 0.25) is 5.89 Å². The molecule has 0 aliphatic heterocycles. The Balaban J connectivity index is 1.38. The molecule has 0 saturated heterocycles. The van der Waals surface area contributed by atoms with E-state index in [1.807, 2.05) is 49.4 Å². The number of hydrogen-bond donors (Lipinski definition) is 2. The molecule has 168 valence electrons. The molecule has 1 heterocycles. The van der Waals surface area contributed by atoms with Crippen LogP contribution in [0.1, 0.15) is 15.9 Å². The van der Waals surface area contributed by atoms with Gasteiger partial charge in [0.15, 0.2) is 10.7 Å². The van der Waals surface area contributed by atoms with Gasteiger partial charge in [0, 0.05) is 21.7 Å². The zero-order chi connectivity index (χ0) is 23.8. The molecule has 0 fully saturated rings. The van der Waals surface area contributed by atoms with E-state index in [1.54, 1.807) is 30.3 Å². The van der Waals surface area contributed by atoms with Crippen LogP contribution in [0.4, 0.5) is 5.69 Å². The number of carbonyl (C=O) groups is 1. The second-order valence-electron chi connectivity index (χ2n) is 7.73. The highest BCUT2D eigenvalue weighted by Crippen LogP contribution is 2.34. The third-order valence-electron chi connectivity index (χ3n) is 5.34. The van der Waals surface area contributed by atoms with Gasteiger partial charge in [-0.2, -0.15) is 0 Å². The summed E-state index contributed by atoms with van der Waals surface area (Å²) in [6.45, 7) is 1.90. The molecule has 0 aliphatic rings. The van der Waals surface area contributed by atoms with Crippen molar-refractivity contribution in [3.05, 3.63) is 94.0 Å². The normalized spacial score (nSPS) is 11.0. The van der Waals surface area contributed by atoms with Crippen LogP contribution < -0.4 is 10.6 Å². The molecule has 0 unspecified atom stereocenters. The van der Waals surface area contributed by atoms with Crippen LogP contribution in [0.3, 0.4) is 0 Å². The maximum Gasteiger partial charge on any atom is 0.258 e. The molecule has 5 rings (SSSR count). The highest BCUT2D eigenvalue weighted by Gasteiger charge is 2.15.